The first kappa shape index (κ1) is 18.7. The molecule has 5 nitrogen and oxygen atoms in total. The van der Waals surface area contributed by atoms with Gasteiger partial charge in [-0.2, -0.15) is 0 Å². The van der Waals surface area contributed by atoms with Gasteiger partial charge in [0.2, 0.25) is 5.91 Å². The number of rotatable bonds is 5. The topological polar surface area (TPSA) is 53.0 Å². The Kier molecular flexibility index (Phi) is 6.46. The highest BCUT2D eigenvalue weighted by molar-refractivity contribution is 5.78. The van der Waals surface area contributed by atoms with E-state index in [1.165, 1.54) is 6.42 Å². The third kappa shape index (κ3) is 5.73. The molecular formula is C18H34N2O3. The zero-order valence-electron chi connectivity index (χ0n) is 15.3. The zero-order valence-corrected chi connectivity index (χ0v) is 15.3. The fourth-order valence-corrected chi connectivity index (χ4v) is 4.39. The maximum atomic E-state index is 12.7. The normalized spacial score (nSPS) is 30.0. The van der Waals surface area contributed by atoms with E-state index >= 15 is 0 Å². The summed E-state index contributed by atoms with van der Waals surface area (Å²) in [6, 6.07) is 0. The van der Waals surface area contributed by atoms with Gasteiger partial charge in [0.1, 0.15) is 0 Å². The van der Waals surface area contributed by atoms with Crippen LogP contribution in [0.3, 0.4) is 0 Å². The second-order valence-corrected chi connectivity index (χ2v) is 8.40. The highest BCUT2D eigenvalue weighted by Crippen LogP contribution is 2.42. The quantitative estimate of drug-likeness (QED) is 0.834. The number of hydrogen-bond donors (Lipinski definition) is 1. The van der Waals surface area contributed by atoms with Gasteiger partial charge in [-0.3, -0.25) is 9.69 Å². The van der Waals surface area contributed by atoms with Crippen LogP contribution < -0.4 is 0 Å². The van der Waals surface area contributed by atoms with Crippen molar-refractivity contribution in [2.24, 2.45) is 17.3 Å². The van der Waals surface area contributed by atoms with Crippen LogP contribution in [0.25, 0.3) is 0 Å². The lowest BCUT2D eigenvalue weighted by molar-refractivity contribution is -0.138. The van der Waals surface area contributed by atoms with Crippen LogP contribution in [0.4, 0.5) is 0 Å². The van der Waals surface area contributed by atoms with Gasteiger partial charge < -0.3 is 14.7 Å². The maximum Gasteiger partial charge on any atom is 0.225 e. The SMILES string of the molecule is CC1CC(C(=O)N(C)CC(O)CN2CCOCC2)CC(C)(C)C1. The second kappa shape index (κ2) is 7.95. The number of β-amino-alcohol motifs (C(OH)–C–C–N with tert-alkyl or cyclic N) is 1. The summed E-state index contributed by atoms with van der Waals surface area (Å²) in [6.45, 7) is 11.0. The molecule has 1 aliphatic heterocycles. The van der Waals surface area contributed by atoms with Crippen LogP contribution in [0.2, 0.25) is 0 Å². The van der Waals surface area contributed by atoms with Crippen LogP contribution >= 0.6 is 0 Å². The first-order valence-electron chi connectivity index (χ1n) is 9.00. The van der Waals surface area contributed by atoms with E-state index in [4.69, 9.17) is 4.74 Å². The molecule has 1 N–H and O–H groups in total. The molecule has 5 heteroatoms. The lowest BCUT2D eigenvalue weighted by atomic mass is 9.67. The van der Waals surface area contributed by atoms with Gasteiger partial charge >= 0.3 is 0 Å². The third-order valence-corrected chi connectivity index (χ3v) is 5.17. The zero-order chi connectivity index (χ0) is 17.0. The summed E-state index contributed by atoms with van der Waals surface area (Å²) in [6.07, 6.45) is 2.64. The Balaban J connectivity index is 1.81. The number of carbonyl (C=O) groups excluding carboxylic acids is 1. The molecule has 2 fully saturated rings. The molecule has 0 aromatic carbocycles. The van der Waals surface area contributed by atoms with Crippen LogP contribution in [0.5, 0.6) is 0 Å². The molecule has 0 radical (unpaired) electrons. The summed E-state index contributed by atoms with van der Waals surface area (Å²) in [5, 5.41) is 10.3. The van der Waals surface area contributed by atoms with E-state index in [1.54, 1.807) is 4.90 Å². The Morgan fingerprint density at radius 1 is 1.35 bits per heavy atom. The molecule has 0 bridgehead atoms. The summed E-state index contributed by atoms with van der Waals surface area (Å²) in [7, 11) is 1.83. The molecule has 0 aromatic rings. The third-order valence-electron chi connectivity index (χ3n) is 5.17. The summed E-state index contributed by atoms with van der Waals surface area (Å²) >= 11 is 0. The van der Waals surface area contributed by atoms with Gasteiger partial charge in [-0.1, -0.05) is 20.8 Å². The van der Waals surface area contributed by atoms with Crippen molar-refractivity contribution < 1.29 is 14.6 Å². The highest BCUT2D eigenvalue weighted by Gasteiger charge is 2.36. The number of aliphatic hydroxyl groups excluding tert-OH is 1. The lowest BCUT2D eigenvalue weighted by Gasteiger charge is -2.40. The van der Waals surface area contributed by atoms with Crippen LogP contribution in [0.15, 0.2) is 0 Å². The molecular weight excluding hydrogens is 292 g/mol. The molecule has 0 spiro atoms. The number of carbonyl (C=O) groups is 1. The van der Waals surface area contributed by atoms with Crippen LogP contribution in [0, 0.1) is 17.3 Å². The van der Waals surface area contributed by atoms with Crippen molar-refractivity contribution in [3.05, 3.63) is 0 Å². The predicted molar refractivity (Wildman–Crippen MR) is 91.2 cm³/mol. The van der Waals surface area contributed by atoms with E-state index in [0.29, 0.717) is 19.0 Å². The van der Waals surface area contributed by atoms with E-state index in [0.717, 1.165) is 39.1 Å². The maximum absolute atomic E-state index is 12.7. The average molecular weight is 326 g/mol. The minimum Gasteiger partial charge on any atom is -0.390 e. The van der Waals surface area contributed by atoms with Crippen molar-refractivity contribution in [1.82, 2.24) is 9.80 Å². The van der Waals surface area contributed by atoms with Gasteiger partial charge in [0.15, 0.2) is 0 Å². The minimum atomic E-state index is -0.490. The largest absolute Gasteiger partial charge is 0.390 e. The van der Waals surface area contributed by atoms with E-state index in [9.17, 15) is 9.90 Å². The van der Waals surface area contributed by atoms with E-state index in [1.807, 2.05) is 7.05 Å². The molecule has 1 aliphatic carbocycles. The van der Waals surface area contributed by atoms with E-state index < -0.39 is 6.10 Å². The number of aliphatic hydroxyl groups is 1. The van der Waals surface area contributed by atoms with Crippen molar-refractivity contribution in [2.75, 3.05) is 46.4 Å². The van der Waals surface area contributed by atoms with Gasteiger partial charge in [0, 0.05) is 39.1 Å². The molecule has 2 aliphatic rings. The van der Waals surface area contributed by atoms with Crippen molar-refractivity contribution >= 4 is 5.91 Å². The monoisotopic (exact) mass is 326 g/mol. The molecule has 1 amide bonds. The lowest BCUT2D eigenvalue weighted by Crippen LogP contribution is -2.46. The molecule has 2 rings (SSSR count). The van der Waals surface area contributed by atoms with Crippen molar-refractivity contribution in [2.45, 2.75) is 46.1 Å². The Morgan fingerprint density at radius 3 is 2.61 bits per heavy atom. The van der Waals surface area contributed by atoms with Gasteiger partial charge in [-0.05, 0) is 30.6 Å². The molecule has 0 aromatic heterocycles. The van der Waals surface area contributed by atoms with Crippen LogP contribution in [0.1, 0.15) is 40.0 Å². The van der Waals surface area contributed by atoms with E-state index in [-0.39, 0.29) is 17.2 Å². The average Bonchev–Trinajstić information content (AvgIpc) is 2.45. The fraction of sp³-hybridized carbons (Fsp3) is 0.944. The Bertz CT molecular complexity index is 394. The molecule has 23 heavy (non-hydrogen) atoms. The van der Waals surface area contributed by atoms with Crippen LogP contribution in [-0.2, 0) is 9.53 Å². The number of amides is 1. The van der Waals surface area contributed by atoms with Crippen molar-refractivity contribution in [3.8, 4) is 0 Å². The molecule has 3 atom stereocenters. The molecule has 1 saturated carbocycles. The number of nitrogens with zero attached hydrogens (tertiary/aromatic N) is 2. The molecule has 1 heterocycles. The minimum absolute atomic E-state index is 0.106. The van der Waals surface area contributed by atoms with Crippen molar-refractivity contribution in [1.29, 1.82) is 0 Å². The van der Waals surface area contributed by atoms with Gasteiger partial charge in [-0.15, -0.1) is 0 Å². The van der Waals surface area contributed by atoms with Crippen molar-refractivity contribution in [3.63, 3.8) is 0 Å². The standard InChI is InChI=1S/C18H34N2O3/c1-14-9-15(11-18(2,3)10-14)17(22)19(4)12-16(21)13-20-5-7-23-8-6-20/h14-16,21H,5-13H2,1-4H3. The highest BCUT2D eigenvalue weighted by atomic mass is 16.5. The van der Waals surface area contributed by atoms with Gasteiger partial charge in [-0.25, -0.2) is 0 Å². The van der Waals surface area contributed by atoms with Gasteiger partial charge in [0.25, 0.3) is 0 Å². The second-order valence-electron chi connectivity index (χ2n) is 8.40. The first-order chi connectivity index (χ1) is 10.8. The summed E-state index contributed by atoms with van der Waals surface area (Å²) in [5.41, 5.74) is 0.241. The summed E-state index contributed by atoms with van der Waals surface area (Å²) < 4.78 is 5.32. The Labute approximate surface area is 141 Å². The predicted octanol–water partition coefficient (Wildman–Crippen LogP) is 1.60. The first-order valence-corrected chi connectivity index (χ1v) is 9.00. The van der Waals surface area contributed by atoms with Gasteiger partial charge in [0.05, 0.1) is 19.3 Å². The Hall–Kier alpha value is -0.650. The molecule has 134 valence electrons. The number of hydrogen-bond acceptors (Lipinski definition) is 4. The molecule has 1 saturated heterocycles. The van der Waals surface area contributed by atoms with E-state index in [2.05, 4.69) is 25.7 Å². The smallest absolute Gasteiger partial charge is 0.225 e. The summed E-state index contributed by atoms with van der Waals surface area (Å²) in [4.78, 5) is 16.7. The summed E-state index contributed by atoms with van der Waals surface area (Å²) in [5.74, 6) is 0.902. The number of ether oxygens (including phenoxy) is 1. The fourth-order valence-electron chi connectivity index (χ4n) is 4.39. The van der Waals surface area contributed by atoms with Crippen LogP contribution in [-0.4, -0.2) is 73.4 Å². The number of likely N-dealkylation sites (N-methyl/N-ethyl adjacent to an activating group) is 1. The molecule has 3 unspecified atom stereocenters. The number of morpholine rings is 1. The Morgan fingerprint density at radius 2 is 2.00 bits per heavy atom.